The summed E-state index contributed by atoms with van der Waals surface area (Å²) < 4.78 is 0. The average Bonchev–Trinajstić information content (AvgIpc) is 3.17. The van der Waals surface area contributed by atoms with Crippen LogP contribution in [0, 0.1) is 0 Å². The van der Waals surface area contributed by atoms with E-state index < -0.39 is 0 Å². The van der Waals surface area contributed by atoms with Crippen molar-refractivity contribution in [1.29, 1.82) is 0 Å². The fraction of sp³-hybridized carbons (Fsp3) is 0. The summed E-state index contributed by atoms with van der Waals surface area (Å²) in [6.07, 6.45) is 5.51. The van der Waals surface area contributed by atoms with Gasteiger partial charge in [-0.15, -0.1) is 11.3 Å². The number of H-pyrrole nitrogens is 1. The maximum Gasteiger partial charge on any atom is 0.116 e. The summed E-state index contributed by atoms with van der Waals surface area (Å²) in [7, 11) is 0. The molecule has 0 spiro atoms. The van der Waals surface area contributed by atoms with Crippen LogP contribution in [-0.2, 0) is 0 Å². The van der Waals surface area contributed by atoms with Crippen LogP contribution in [0.1, 0.15) is 0 Å². The van der Waals surface area contributed by atoms with Gasteiger partial charge in [-0.3, -0.25) is 0 Å². The van der Waals surface area contributed by atoms with Crippen LogP contribution in [0.15, 0.2) is 60.5 Å². The largest absolute Gasteiger partial charge is 0.360 e. The van der Waals surface area contributed by atoms with Crippen LogP contribution in [0.3, 0.4) is 0 Å². The zero-order valence-corrected chi connectivity index (χ0v) is 11.4. The molecule has 0 unspecified atom stereocenters. The van der Waals surface area contributed by atoms with Gasteiger partial charge in [-0.1, -0.05) is 24.3 Å². The van der Waals surface area contributed by atoms with E-state index >= 15 is 0 Å². The summed E-state index contributed by atoms with van der Waals surface area (Å²) in [5.74, 6) is 0. The van der Waals surface area contributed by atoms with Gasteiger partial charge in [0.15, 0.2) is 0 Å². The first-order valence-corrected chi connectivity index (χ1v) is 7.22. The lowest BCUT2D eigenvalue weighted by Crippen LogP contribution is -1.88. The van der Waals surface area contributed by atoms with Crippen molar-refractivity contribution in [1.82, 2.24) is 15.0 Å². The summed E-state index contributed by atoms with van der Waals surface area (Å²) in [5.41, 5.74) is 4.29. The number of para-hydroxylation sites is 1. The summed E-state index contributed by atoms with van der Waals surface area (Å²) in [5, 5.41) is 3.26. The number of nitrogens with zero attached hydrogens (tertiary/aromatic N) is 2. The minimum atomic E-state index is 0.972. The van der Waals surface area contributed by atoms with E-state index in [0.29, 0.717) is 0 Å². The van der Waals surface area contributed by atoms with Gasteiger partial charge in [0, 0.05) is 39.3 Å². The molecule has 96 valence electrons. The number of hydrogen-bond acceptors (Lipinski definition) is 3. The topological polar surface area (TPSA) is 41.6 Å². The molecule has 0 aliphatic rings. The van der Waals surface area contributed by atoms with Gasteiger partial charge in [0.2, 0.25) is 0 Å². The maximum atomic E-state index is 4.50. The number of fused-ring (bicyclic) bond motifs is 1. The molecule has 3 nitrogen and oxygen atoms in total. The van der Waals surface area contributed by atoms with Gasteiger partial charge < -0.3 is 4.98 Å². The third-order valence-electron chi connectivity index (χ3n) is 3.34. The minimum Gasteiger partial charge on any atom is -0.360 e. The van der Waals surface area contributed by atoms with E-state index in [9.17, 15) is 0 Å². The fourth-order valence-corrected chi connectivity index (χ4v) is 3.16. The highest BCUT2D eigenvalue weighted by Crippen LogP contribution is 2.35. The molecule has 1 N–H and O–H groups in total. The van der Waals surface area contributed by atoms with Gasteiger partial charge in [-0.25, -0.2) is 9.97 Å². The zero-order chi connectivity index (χ0) is 13.4. The monoisotopic (exact) mass is 277 g/mol. The standard InChI is InChI=1S/C16H11N3S/c1-2-5-14-11(4-1)12(9-18-14)16-13(8-17-10-19-16)15-6-3-7-20-15/h1-10,18H. The summed E-state index contributed by atoms with van der Waals surface area (Å²) in [4.78, 5) is 13.2. The molecule has 1 aromatic carbocycles. The Labute approximate surface area is 120 Å². The highest BCUT2D eigenvalue weighted by atomic mass is 32.1. The van der Waals surface area contributed by atoms with E-state index in [2.05, 4.69) is 38.5 Å². The first-order chi connectivity index (χ1) is 9.93. The SMILES string of the molecule is c1csc(-c2cncnc2-c2c[nH]c3ccccc23)c1. The van der Waals surface area contributed by atoms with E-state index in [1.54, 1.807) is 17.7 Å². The van der Waals surface area contributed by atoms with Gasteiger partial charge in [-0.2, -0.15) is 0 Å². The summed E-state index contributed by atoms with van der Waals surface area (Å²) in [6.45, 7) is 0. The molecule has 4 rings (SSSR count). The van der Waals surface area contributed by atoms with E-state index in [-0.39, 0.29) is 0 Å². The number of nitrogens with one attached hydrogen (secondary N) is 1. The summed E-state index contributed by atoms with van der Waals surface area (Å²) in [6, 6.07) is 12.4. The normalized spacial score (nSPS) is 11.0. The second-order valence-electron chi connectivity index (χ2n) is 4.51. The van der Waals surface area contributed by atoms with Crippen molar-refractivity contribution in [2.75, 3.05) is 0 Å². The van der Waals surface area contributed by atoms with Crippen molar-refractivity contribution >= 4 is 22.2 Å². The highest BCUT2D eigenvalue weighted by molar-refractivity contribution is 7.13. The number of hydrogen-bond donors (Lipinski definition) is 1. The van der Waals surface area contributed by atoms with Gasteiger partial charge >= 0.3 is 0 Å². The molecule has 0 radical (unpaired) electrons. The number of rotatable bonds is 2. The predicted molar refractivity (Wildman–Crippen MR) is 82.6 cm³/mol. The lowest BCUT2D eigenvalue weighted by Gasteiger charge is -2.05. The third-order valence-corrected chi connectivity index (χ3v) is 4.25. The maximum absolute atomic E-state index is 4.50. The quantitative estimate of drug-likeness (QED) is 0.591. The Morgan fingerprint density at radius 3 is 2.85 bits per heavy atom. The molecule has 0 fully saturated rings. The van der Waals surface area contributed by atoms with Crippen LogP contribution >= 0.6 is 11.3 Å². The second-order valence-corrected chi connectivity index (χ2v) is 5.46. The van der Waals surface area contributed by atoms with Crippen LogP contribution in [0.2, 0.25) is 0 Å². The Morgan fingerprint density at radius 2 is 1.95 bits per heavy atom. The molecule has 4 aromatic rings. The average molecular weight is 277 g/mol. The van der Waals surface area contributed by atoms with Gasteiger partial charge in [0.05, 0.1) is 5.69 Å². The molecule has 0 atom stereocenters. The Hall–Kier alpha value is -2.46. The van der Waals surface area contributed by atoms with Crippen LogP contribution in [-0.4, -0.2) is 15.0 Å². The van der Waals surface area contributed by atoms with Crippen molar-refractivity contribution in [2.24, 2.45) is 0 Å². The molecule has 0 aliphatic carbocycles. The van der Waals surface area contributed by atoms with E-state index in [0.717, 1.165) is 22.3 Å². The van der Waals surface area contributed by atoms with E-state index in [1.807, 2.05) is 30.6 Å². The zero-order valence-electron chi connectivity index (χ0n) is 10.6. The Kier molecular flexibility index (Phi) is 2.60. The highest BCUT2D eigenvalue weighted by Gasteiger charge is 2.13. The Balaban J connectivity index is 1.99. The van der Waals surface area contributed by atoms with Crippen LogP contribution < -0.4 is 0 Å². The molecule has 20 heavy (non-hydrogen) atoms. The smallest absolute Gasteiger partial charge is 0.116 e. The van der Waals surface area contributed by atoms with Crippen LogP contribution in [0.25, 0.3) is 32.6 Å². The third kappa shape index (κ3) is 1.73. The first-order valence-electron chi connectivity index (χ1n) is 6.34. The van der Waals surface area contributed by atoms with Crippen LogP contribution in [0.5, 0.6) is 0 Å². The molecule has 3 aromatic heterocycles. The molecular weight excluding hydrogens is 266 g/mol. The van der Waals surface area contributed by atoms with Gasteiger partial charge in [-0.05, 0) is 17.5 Å². The fourth-order valence-electron chi connectivity index (χ4n) is 2.42. The molecule has 0 amide bonds. The lowest BCUT2D eigenvalue weighted by molar-refractivity contribution is 1.18. The number of thiophene rings is 1. The first kappa shape index (κ1) is 11.4. The number of aromatic amines is 1. The number of benzene rings is 1. The molecular formula is C16H11N3S. The van der Waals surface area contributed by atoms with Crippen LogP contribution in [0.4, 0.5) is 0 Å². The second kappa shape index (κ2) is 4.58. The van der Waals surface area contributed by atoms with Gasteiger partial charge in [0.25, 0.3) is 0 Å². The molecule has 0 saturated carbocycles. The van der Waals surface area contributed by atoms with E-state index in [4.69, 9.17) is 0 Å². The minimum absolute atomic E-state index is 0.972. The molecule has 0 bridgehead atoms. The molecule has 0 saturated heterocycles. The predicted octanol–water partition coefficient (Wildman–Crippen LogP) is 4.35. The molecule has 4 heteroatoms. The Bertz CT molecular complexity index is 862. The van der Waals surface area contributed by atoms with Crippen molar-refractivity contribution in [3.63, 3.8) is 0 Å². The van der Waals surface area contributed by atoms with Crippen molar-refractivity contribution < 1.29 is 0 Å². The summed E-state index contributed by atoms with van der Waals surface area (Å²) >= 11 is 1.70. The van der Waals surface area contributed by atoms with Crippen molar-refractivity contribution in [2.45, 2.75) is 0 Å². The van der Waals surface area contributed by atoms with Gasteiger partial charge in [0.1, 0.15) is 6.33 Å². The number of aromatic nitrogens is 3. The van der Waals surface area contributed by atoms with Crippen molar-refractivity contribution in [3.8, 4) is 21.7 Å². The lowest BCUT2D eigenvalue weighted by atomic mass is 10.1. The van der Waals surface area contributed by atoms with E-state index in [1.165, 1.54) is 10.3 Å². The molecule has 0 aliphatic heterocycles. The molecule has 3 heterocycles. The Morgan fingerprint density at radius 1 is 1.00 bits per heavy atom. The van der Waals surface area contributed by atoms with Crippen molar-refractivity contribution in [3.05, 3.63) is 60.5 Å².